The molecule has 2 rings (SSSR count). The lowest BCUT2D eigenvalue weighted by Gasteiger charge is -2.26. The van der Waals surface area contributed by atoms with E-state index in [0.717, 1.165) is 23.4 Å². The lowest BCUT2D eigenvalue weighted by molar-refractivity contribution is -0.115. The Balaban J connectivity index is 2.10. The van der Waals surface area contributed by atoms with Gasteiger partial charge in [-0.05, 0) is 42.2 Å². The minimum atomic E-state index is 0.125. The Bertz CT molecular complexity index is 787. The van der Waals surface area contributed by atoms with Crippen LogP contribution in [0.15, 0.2) is 96.1 Å². The van der Waals surface area contributed by atoms with Gasteiger partial charge in [-0.2, -0.15) is 0 Å². The van der Waals surface area contributed by atoms with E-state index < -0.39 is 0 Å². The number of methoxy groups -OCH3 is 1. The number of rotatable bonds is 8. The fourth-order valence-corrected chi connectivity index (χ4v) is 3.07. The van der Waals surface area contributed by atoms with E-state index in [9.17, 15) is 4.79 Å². The Hall–Kier alpha value is -2.81. The summed E-state index contributed by atoms with van der Waals surface area (Å²) < 4.78 is 5.20. The van der Waals surface area contributed by atoms with E-state index in [1.807, 2.05) is 36.3 Å². The highest BCUT2D eigenvalue weighted by Crippen LogP contribution is 2.32. The van der Waals surface area contributed by atoms with Gasteiger partial charge in [0.25, 0.3) is 0 Å². The zero-order valence-electron chi connectivity index (χ0n) is 15.9. The number of likely N-dealkylation sites (N-methyl/N-ethyl adjacent to an activating group) is 1. The van der Waals surface area contributed by atoms with Crippen molar-refractivity contribution < 1.29 is 9.53 Å². The third-order valence-corrected chi connectivity index (χ3v) is 4.82. The highest BCUT2D eigenvalue weighted by molar-refractivity contribution is 5.99. The second-order valence-electron chi connectivity index (χ2n) is 6.53. The zero-order chi connectivity index (χ0) is 19.3. The molecular formula is C23H27NO2. The Morgan fingerprint density at radius 3 is 2.69 bits per heavy atom. The Morgan fingerprint density at radius 1 is 1.35 bits per heavy atom. The molecule has 26 heavy (non-hydrogen) atoms. The van der Waals surface area contributed by atoms with Crippen LogP contribution in [0, 0.1) is 5.92 Å². The molecule has 0 aromatic carbocycles. The van der Waals surface area contributed by atoms with E-state index >= 15 is 0 Å². The molecule has 1 heterocycles. The zero-order valence-corrected chi connectivity index (χ0v) is 15.9. The van der Waals surface area contributed by atoms with E-state index in [1.54, 1.807) is 19.3 Å². The van der Waals surface area contributed by atoms with Gasteiger partial charge in [0.05, 0.1) is 7.11 Å². The van der Waals surface area contributed by atoms with E-state index in [0.29, 0.717) is 17.8 Å². The van der Waals surface area contributed by atoms with E-state index in [1.165, 1.54) is 5.57 Å². The first kappa shape index (κ1) is 19.5. The van der Waals surface area contributed by atoms with E-state index in [4.69, 9.17) is 4.74 Å². The molecular weight excluding hydrogens is 322 g/mol. The predicted molar refractivity (Wildman–Crippen MR) is 108 cm³/mol. The smallest absolute Gasteiger partial charge is 0.163 e. The number of hydrogen-bond acceptors (Lipinski definition) is 3. The summed E-state index contributed by atoms with van der Waals surface area (Å²) in [7, 11) is 3.57. The molecule has 1 aliphatic heterocycles. The Kier molecular flexibility index (Phi) is 6.40. The maximum absolute atomic E-state index is 12.8. The summed E-state index contributed by atoms with van der Waals surface area (Å²) in [5, 5.41) is 0. The standard InChI is InChI=1S/C23H27NO2/c1-7-9-22-15-20(14-21(8-2)24(22)5)23(25)12-16(3)18-10-11-19(13-18)17(4)26-6/h7-11,14-16H,1-2,4,12-13H2,3,5-6H3/b22-9-/t16-/m0/s1. The molecule has 0 bridgehead atoms. The molecule has 0 amide bonds. The number of ether oxygens (including phenoxy) is 1. The fourth-order valence-electron chi connectivity index (χ4n) is 3.07. The molecule has 3 heteroatoms. The second kappa shape index (κ2) is 8.52. The van der Waals surface area contributed by atoms with E-state index in [2.05, 4.69) is 32.7 Å². The number of carbonyl (C=O) groups excluding carboxylic acids is 1. The van der Waals surface area contributed by atoms with Crippen LogP contribution in [-0.4, -0.2) is 24.8 Å². The topological polar surface area (TPSA) is 29.5 Å². The molecule has 1 atom stereocenters. The molecule has 0 aromatic rings. The molecule has 0 spiro atoms. The van der Waals surface area contributed by atoms with Crippen molar-refractivity contribution in [2.24, 2.45) is 5.92 Å². The van der Waals surface area contributed by atoms with Gasteiger partial charge in [-0.15, -0.1) is 0 Å². The number of allylic oxidation sites excluding steroid dienone is 10. The third kappa shape index (κ3) is 4.23. The summed E-state index contributed by atoms with van der Waals surface area (Å²) in [4.78, 5) is 14.8. The molecule has 3 nitrogen and oxygen atoms in total. The van der Waals surface area contributed by atoms with Crippen molar-refractivity contribution in [3.05, 3.63) is 96.1 Å². The summed E-state index contributed by atoms with van der Waals surface area (Å²) in [6.45, 7) is 13.6. The SMILES string of the molecule is C=C/C=C1/C=C(C(=O)C[C@H](C)C2=CC=C(C(=C)OC)C2)C=C(C=C)N1C. The normalized spacial score (nSPS) is 19.2. The summed E-state index contributed by atoms with van der Waals surface area (Å²) >= 11 is 0. The van der Waals surface area contributed by atoms with Crippen molar-refractivity contribution in [1.82, 2.24) is 4.90 Å². The molecule has 0 unspecified atom stereocenters. The number of carbonyl (C=O) groups is 1. The molecule has 0 saturated carbocycles. The summed E-state index contributed by atoms with van der Waals surface area (Å²) in [6.07, 6.45) is 14.5. The monoisotopic (exact) mass is 349 g/mol. The number of ketones is 1. The first-order valence-electron chi connectivity index (χ1n) is 8.69. The predicted octanol–water partition coefficient (Wildman–Crippen LogP) is 5.01. The summed E-state index contributed by atoms with van der Waals surface area (Å²) in [5.41, 5.74) is 4.83. The van der Waals surface area contributed by atoms with Gasteiger partial charge >= 0.3 is 0 Å². The quantitative estimate of drug-likeness (QED) is 0.577. The largest absolute Gasteiger partial charge is 0.497 e. The van der Waals surface area contributed by atoms with Crippen LogP contribution in [0.25, 0.3) is 0 Å². The molecule has 136 valence electrons. The molecule has 0 radical (unpaired) electrons. The van der Waals surface area contributed by atoms with Gasteiger partial charge in [0.2, 0.25) is 0 Å². The third-order valence-electron chi connectivity index (χ3n) is 4.82. The molecule has 0 fully saturated rings. The summed E-state index contributed by atoms with van der Waals surface area (Å²) in [5.74, 6) is 0.972. The van der Waals surface area contributed by atoms with Gasteiger partial charge < -0.3 is 9.64 Å². The summed E-state index contributed by atoms with van der Waals surface area (Å²) in [6, 6.07) is 0. The van der Waals surface area contributed by atoms with Gasteiger partial charge in [0.1, 0.15) is 5.76 Å². The fraction of sp³-hybridized carbons (Fsp3) is 0.261. The average molecular weight is 349 g/mol. The van der Waals surface area contributed by atoms with Crippen molar-refractivity contribution >= 4 is 5.78 Å². The Morgan fingerprint density at radius 2 is 2.08 bits per heavy atom. The molecule has 1 aliphatic carbocycles. The maximum Gasteiger partial charge on any atom is 0.163 e. The van der Waals surface area contributed by atoms with Crippen LogP contribution >= 0.6 is 0 Å². The van der Waals surface area contributed by atoms with Crippen molar-refractivity contribution in [3.63, 3.8) is 0 Å². The van der Waals surface area contributed by atoms with Crippen LogP contribution in [0.5, 0.6) is 0 Å². The second-order valence-corrected chi connectivity index (χ2v) is 6.53. The minimum absolute atomic E-state index is 0.125. The average Bonchev–Trinajstić information content (AvgIpc) is 3.13. The maximum atomic E-state index is 12.8. The van der Waals surface area contributed by atoms with Crippen LogP contribution in [0.4, 0.5) is 0 Å². The van der Waals surface area contributed by atoms with Gasteiger partial charge in [-0.1, -0.05) is 50.5 Å². The molecule has 0 N–H and O–H groups in total. The van der Waals surface area contributed by atoms with Crippen molar-refractivity contribution in [2.75, 3.05) is 14.2 Å². The highest BCUT2D eigenvalue weighted by Gasteiger charge is 2.22. The van der Waals surface area contributed by atoms with Gasteiger partial charge in [-0.3, -0.25) is 4.79 Å². The lowest BCUT2D eigenvalue weighted by Crippen LogP contribution is -2.21. The number of hydrogen-bond donors (Lipinski definition) is 0. The van der Waals surface area contributed by atoms with Crippen LogP contribution in [0.3, 0.4) is 0 Å². The first-order chi connectivity index (χ1) is 12.4. The van der Waals surface area contributed by atoms with Crippen LogP contribution in [0.1, 0.15) is 19.8 Å². The van der Waals surface area contributed by atoms with Crippen LogP contribution < -0.4 is 0 Å². The van der Waals surface area contributed by atoms with Gasteiger partial charge in [0, 0.05) is 30.4 Å². The molecule has 0 saturated heterocycles. The Labute approximate surface area is 156 Å². The first-order valence-corrected chi connectivity index (χ1v) is 8.69. The van der Waals surface area contributed by atoms with Gasteiger partial charge in [0.15, 0.2) is 5.78 Å². The van der Waals surface area contributed by atoms with Gasteiger partial charge in [-0.25, -0.2) is 0 Å². The minimum Gasteiger partial charge on any atom is -0.497 e. The van der Waals surface area contributed by atoms with Crippen molar-refractivity contribution in [3.8, 4) is 0 Å². The number of Topliss-reactive ketones (excluding diaryl/α,β-unsaturated/α-hetero) is 1. The number of nitrogens with zero attached hydrogens (tertiary/aromatic N) is 1. The van der Waals surface area contributed by atoms with Crippen molar-refractivity contribution in [2.45, 2.75) is 19.8 Å². The molecule has 0 aromatic heterocycles. The van der Waals surface area contributed by atoms with Crippen LogP contribution in [-0.2, 0) is 9.53 Å². The van der Waals surface area contributed by atoms with Crippen LogP contribution in [0.2, 0.25) is 0 Å². The molecule has 2 aliphatic rings. The highest BCUT2D eigenvalue weighted by atomic mass is 16.5. The van der Waals surface area contributed by atoms with Crippen molar-refractivity contribution in [1.29, 1.82) is 0 Å². The lowest BCUT2D eigenvalue weighted by atomic mass is 9.90. The van der Waals surface area contributed by atoms with E-state index in [-0.39, 0.29) is 11.7 Å².